The zero-order valence-electron chi connectivity index (χ0n) is 19.5. The summed E-state index contributed by atoms with van der Waals surface area (Å²) in [6, 6.07) is 19.5. The van der Waals surface area contributed by atoms with Crippen LogP contribution in [-0.4, -0.2) is 14.2 Å². The quantitative estimate of drug-likeness (QED) is 0.307. The van der Waals surface area contributed by atoms with Crippen LogP contribution in [0.2, 0.25) is 0 Å². The fourth-order valence-corrected chi connectivity index (χ4v) is 6.91. The van der Waals surface area contributed by atoms with Crippen molar-refractivity contribution in [1.82, 2.24) is 0 Å². The lowest BCUT2D eigenvalue weighted by Gasteiger charge is -2.13. The number of carbonyl (C=O) groups excluding carboxylic acids is 1. The fraction of sp³-hybridized carbons (Fsp3) is 0.148. The van der Waals surface area contributed by atoms with Crippen molar-refractivity contribution in [1.29, 1.82) is 0 Å². The first-order valence-corrected chi connectivity index (χ1v) is 13.1. The molecule has 3 N–H and O–H groups in total. The topological polar surface area (TPSA) is 89.3 Å². The van der Waals surface area contributed by atoms with Gasteiger partial charge in [-0.2, -0.15) is 0 Å². The zero-order chi connectivity index (χ0) is 24.6. The van der Waals surface area contributed by atoms with E-state index in [1.54, 1.807) is 24.3 Å². The summed E-state index contributed by atoms with van der Waals surface area (Å²) in [5, 5.41) is 3.61. The van der Waals surface area contributed by atoms with E-state index in [2.05, 4.69) is 5.32 Å². The van der Waals surface area contributed by atoms with E-state index in [0.717, 1.165) is 39.3 Å². The van der Waals surface area contributed by atoms with Crippen LogP contribution in [0.15, 0.2) is 76.5 Å². The number of sulfone groups is 1. The van der Waals surface area contributed by atoms with Crippen LogP contribution < -0.4 is 11.1 Å². The molecular formula is C27H26N2O3S2. The Balaban J connectivity index is 1.94. The number of hydrogen-bond donors (Lipinski definition) is 2. The normalized spacial score (nSPS) is 11.4. The Labute approximate surface area is 204 Å². The largest absolute Gasteiger partial charge is 0.396 e. The molecule has 4 aromatic rings. The Hall–Kier alpha value is -3.42. The van der Waals surface area contributed by atoms with Crippen molar-refractivity contribution >= 4 is 43.3 Å². The maximum atomic E-state index is 13.7. The molecule has 0 spiro atoms. The third-order valence-electron chi connectivity index (χ3n) is 5.77. The molecule has 0 saturated carbocycles. The highest BCUT2D eigenvalue weighted by Gasteiger charge is 2.32. The van der Waals surface area contributed by atoms with Gasteiger partial charge in [0.05, 0.1) is 10.6 Å². The Morgan fingerprint density at radius 3 is 2.12 bits per heavy atom. The van der Waals surface area contributed by atoms with Crippen molar-refractivity contribution in [2.24, 2.45) is 0 Å². The summed E-state index contributed by atoms with van der Waals surface area (Å²) >= 11 is 1.07. The third kappa shape index (κ3) is 4.24. The van der Waals surface area contributed by atoms with Gasteiger partial charge in [-0.15, -0.1) is 11.3 Å². The van der Waals surface area contributed by atoms with E-state index < -0.39 is 9.84 Å². The maximum absolute atomic E-state index is 13.7. The number of para-hydroxylation sites is 1. The summed E-state index contributed by atoms with van der Waals surface area (Å²) in [7, 11) is -3.99. The summed E-state index contributed by atoms with van der Waals surface area (Å²) in [4.78, 5) is 13.8. The first-order valence-electron chi connectivity index (χ1n) is 10.8. The van der Waals surface area contributed by atoms with Crippen LogP contribution in [-0.2, 0) is 9.84 Å². The molecule has 1 heterocycles. The van der Waals surface area contributed by atoms with Gasteiger partial charge in [-0.3, -0.25) is 4.79 Å². The van der Waals surface area contributed by atoms with E-state index >= 15 is 0 Å². The minimum Gasteiger partial charge on any atom is -0.396 e. The Bertz CT molecular complexity index is 1480. The molecule has 0 radical (unpaired) electrons. The summed E-state index contributed by atoms with van der Waals surface area (Å²) in [6.45, 7) is 7.71. The maximum Gasteiger partial charge on any atom is 0.211 e. The SMILES string of the molecule is Cc1ccc(C(=O)c2sc(Nc3c(C)cccc3C)c(S(=O)(=O)c3ccccc3)c2N)c(C)c1. The Morgan fingerprint density at radius 2 is 1.50 bits per heavy atom. The molecule has 5 nitrogen and oxygen atoms in total. The van der Waals surface area contributed by atoms with Crippen molar-refractivity contribution in [3.05, 3.63) is 99.4 Å². The second-order valence-electron chi connectivity index (χ2n) is 8.36. The van der Waals surface area contributed by atoms with Gasteiger partial charge in [0.2, 0.25) is 15.6 Å². The van der Waals surface area contributed by atoms with E-state index in [-0.39, 0.29) is 26.1 Å². The van der Waals surface area contributed by atoms with Crippen molar-refractivity contribution in [2.75, 3.05) is 11.1 Å². The molecule has 1 aromatic heterocycles. The highest BCUT2D eigenvalue weighted by molar-refractivity contribution is 7.92. The molecule has 7 heteroatoms. The van der Waals surface area contributed by atoms with E-state index in [9.17, 15) is 13.2 Å². The van der Waals surface area contributed by atoms with Crippen LogP contribution in [0.1, 0.15) is 37.5 Å². The minimum absolute atomic E-state index is 0.0347. The second kappa shape index (κ2) is 9.08. The summed E-state index contributed by atoms with van der Waals surface area (Å²) in [5.74, 6) is -0.293. The predicted molar refractivity (Wildman–Crippen MR) is 139 cm³/mol. The van der Waals surface area contributed by atoms with Gasteiger partial charge in [-0.25, -0.2) is 8.42 Å². The lowest BCUT2D eigenvalue weighted by molar-refractivity contribution is 0.104. The fourth-order valence-electron chi connectivity index (χ4n) is 3.98. The van der Waals surface area contributed by atoms with Crippen LogP contribution in [0.25, 0.3) is 0 Å². The van der Waals surface area contributed by atoms with Crippen molar-refractivity contribution in [3.8, 4) is 0 Å². The van der Waals surface area contributed by atoms with Gasteiger partial charge in [-0.05, 0) is 56.5 Å². The lowest BCUT2D eigenvalue weighted by atomic mass is 10.0. The molecule has 0 amide bonds. The minimum atomic E-state index is -3.99. The Kier molecular flexibility index (Phi) is 6.34. The van der Waals surface area contributed by atoms with Crippen LogP contribution in [0.3, 0.4) is 0 Å². The molecule has 0 atom stereocenters. The molecule has 0 aliphatic heterocycles. The van der Waals surface area contributed by atoms with Gasteiger partial charge in [0.15, 0.2) is 0 Å². The number of aryl methyl sites for hydroxylation is 4. The smallest absolute Gasteiger partial charge is 0.211 e. The number of carbonyl (C=O) groups is 1. The van der Waals surface area contributed by atoms with Gasteiger partial charge >= 0.3 is 0 Å². The number of benzene rings is 3. The molecule has 0 aliphatic carbocycles. The predicted octanol–water partition coefficient (Wildman–Crippen LogP) is 6.37. The molecule has 0 unspecified atom stereocenters. The van der Waals surface area contributed by atoms with E-state index in [1.165, 1.54) is 12.1 Å². The molecule has 3 aromatic carbocycles. The monoisotopic (exact) mass is 490 g/mol. The third-order valence-corrected chi connectivity index (χ3v) is 8.88. The summed E-state index contributed by atoms with van der Waals surface area (Å²) in [6.07, 6.45) is 0. The standard InChI is InChI=1S/C27H26N2O3S2/c1-16-13-14-21(19(4)15-16)24(30)25-22(28)26(34(31,32)20-11-6-5-7-12-20)27(33-25)29-23-17(2)9-8-10-18(23)3/h5-15,29H,28H2,1-4H3. The van der Waals surface area contributed by atoms with Crippen LogP contribution in [0.5, 0.6) is 0 Å². The lowest BCUT2D eigenvalue weighted by Crippen LogP contribution is -2.09. The van der Waals surface area contributed by atoms with Crippen LogP contribution in [0.4, 0.5) is 16.4 Å². The number of rotatable bonds is 6. The van der Waals surface area contributed by atoms with E-state index in [4.69, 9.17) is 5.73 Å². The molecule has 174 valence electrons. The van der Waals surface area contributed by atoms with Crippen LogP contribution in [0, 0.1) is 27.7 Å². The van der Waals surface area contributed by atoms with Crippen molar-refractivity contribution in [2.45, 2.75) is 37.5 Å². The summed E-state index contributed by atoms with van der Waals surface area (Å²) < 4.78 is 27.4. The van der Waals surface area contributed by atoms with Crippen molar-refractivity contribution < 1.29 is 13.2 Å². The number of nitrogens with two attached hydrogens (primary N) is 1. The van der Waals surface area contributed by atoms with E-state index in [1.807, 2.05) is 58.0 Å². The van der Waals surface area contributed by atoms with Crippen molar-refractivity contribution in [3.63, 3.8) is 0 Å². The molecule has 34 heavy (non-hydrogen) atoms. The first-order chi connectivity index (χ1) is 16.1. The first kappa shape index (κ1) is 23.7. The van der Waals surface area contributed by atoms with Gasteiger partial charge < -0.3 is 11.1 Å². The van der Waals surface area contributed by atoms with Gasteiger partial charge in [0.1, 0.15) is 14.8 Å². The van der Waals surface area contributed by atoms with Gasteiger partial charge in [0.25, 0.3) is 0 Å². The van der Waals surface area contributed by atoms with Crippen LogP contribution >= 0.6 is 11.3 Å². The molecule has 4 rings (SSSR count). The van der Waals surface area contributed by atoms with Gasteiger partial charge in [-0.1, -0.05) is 60.2 Å². The average molecular weight is 491 g/mol. The average Bonchev–Trinajstić information content (AvgIpc) is 3.13. The zero-order valence-corrected chi connectivity index (χ0v) is 21.1. The summed E-state index contributed by atoms with van der Waals surface area (Å²) in [5.41, 5.74) is 11.5. The second-order valence-corrected chi connectivity index (χ2v) is 11.3. The number of ketones is 1. The molecule has 0 saturated heterocycles. The molecule has 0 fully saturated rings. The molecular weight excluding hydrogens is 464 g/mol. The highest BCUT2D eigenvalue weighted by atomic mass is 32.2. The molecule has 0 aliphatic rings. The number of nitrogens with one attached hydrogen (secondary N) is 1. The number of hydrogen-bond acceptors (Lipinski definition) is 6. The van der Waals surface area contributed by atoms with Gasteiger partial charge in [0, 0.05) is 11.3 Å². The highest BCUT2D eigenvalue weighted by Crippen LogP contribution is 2.44. The number of nitrogen functional groups attached to an aromatic ring is 1. The molecule has 0 bridgehead atoms. The number of anilines is 3. The number of thiophene rings is 1. The Morgan fingerprint density at radius 1 is 0.853 bits per heavy atom. The van der Waals surface area contributed by atoms with E-state index in [0.29, 0.717) is 10.6 Å².